The van der Waals surface area contributed by atoms with Crippen molar-refractivity contribution in [3.05, 3.63) is 88.8 Å². The summed E-state index contributed by atoms with van der Waals surface area (Å²) in [5, 5.41) is 2.56. The predicted molar refractivity (Wildman–Crippen MR) is 97.3 cm³/mol. The van der Waals surface area contributed by atoms with E-state index in [4.69, 9.17) is 4.74 Å². The molecule has 3 rings (SSSR count). The number of para-hydroxylation sites is 3. The smallest absolute Gasteiger partial charge is 0.417 e. The minimum Gasteiger partial charge on any atom is -0.455 e. The maximum atomic E-state index is 12.8. The number of halogens is 3. The van der Waals surface area contributed by atoms with E-state index < -0.39 is 29.8 Å². The fourth-order valence-corrected chi connectivity index (χ4v) is 2.44. The molecule has 3 aromatic rings. The second-order valence-corrected chi connectivity index (χ2v) is 5.84. The minimum absolute atomic E-state index is 0.330. The van der Waals surface area contributed by atoms with Gasteiger partial charge in [0.15, 0.2) is 5.75 Å². The highest BCUT2D eigenvalue weighted by molar-refractivity contribution is 5.92. The first-order chi connectivity index (χ1) is 13.3. The second kappa shape index (κ2) is 7.99. The van der Waals surface area contributed by atoms with Gasteiger partial charge >= 0.3 is 6.18 Å². The van der Waals surface area contributed by atoms with E-state index in [9.17, 15) is 22.8 Å². The monoisotopic (exact) mass is 388 g/mol. The molecule has 0 atom stereocenters. The van der Waals surface area contributed by atoms with Crippen LogP contribution in [0.2, 0.25) is 0 Å². The van der Waals surface area contributed by atoms with E-state index in [2.05, 4.69) is 5.32 Å². The van der Waals surface area contributed by atoms with Crippen molar-refractivity contribution in [2.24, 2.45) is 0 Å². The molecule has 0 saturated carbocycles. The molecular weight excluding hydrogens is 373 g/mol. The van der Waals surface area contributed by atoms with Crippen molar-refractivity contribution in [1.29, 1.82) is 0 Å². The quantitative estimate of drug-likeness (QED) is 0.709. The third-order valence-corrected chi connectivity index (χ3v) is 3.76. The summed E-state index contributed by atoms with van der Waals surface area (Å²) in [6.07, 6.45) is -3.99. The Balaban J connectivity index is 1.77. The Kier molecular flexibility index (Phi) is 5.49. The van der Waals surface area contributed by atoms with Gasteiger partial charge in [0.1, 0.15) is 12.3 Å². The van der Waals surface area contributed by atoms with Crippen LogP contribution in [0.1, 0.15) is 5.56 Å². The number of hydrogen-bond acceptors (Lipinski definition) is 3. The van der Waals surface area contributed by atoms with E-state index in [1.165, 1.54) is 0 Å². The minimum atomic E-state index is -4.61. The number of alkyl halides is 3. The van der Waals surface area contributed by atoms with Crippen LogP contribution < -0.4 is 15.6 Å². The van der Waals surface area contributed by atoms with Gasteiger partial charge < -0.3 is 14.6 Å². The second-order valence-electron chi connectivity index (χ2n) is 5.84. The largest absolute Gasteiger partial charge is 0.455 e. The highest BCUT2D eigenvalue weighted by atomic mass is 19.4. The summed E-state index contributed by atoms with van der Waals surface area (Å²) < 4.78 is 44.9. The van der Waals surface area contributed by atoms with Gasteiger partial charge in [-0.2, -0.15) is 13.2 Å². The summed E-state index contributed by atoms with van der Waals surface area (Å²) >= 11 is 0. The number of ether oxygens (including phenoxy) is 1. The summed E-state index contributed by atoms with van der Waals surface area (Å²) in [5.74, 6) is 0.252. The first kappa shape index (κ1) is 19.2. The number of aromatic nitrogens is 1. The maximum absolute atomic E-state index is 12.8. The summed E-state index contributed by atoms with van der Waals surface area (Å²) in [5.41, 5.74) is -1.39. The lowest BCUT2D eigenvalue weighted by molar-refractivity contribution is -0.138. The summed E-state index contributed by atoms with van der Waals surface area (Å²) in [4.78, 5) is 24.1. The van der Waals surface area contributed by atoms with E-state index in [-0.39, 0.29) is 0 Å². The van der Waals surface area contributed by atoms with E-state index in [1.807, 2.05) is 6.07 Å². The van der Waals surface area contributed by atoms with Gasteiger partial charge in [0.2, 0.25) is 5.91 Å². The Morgan fingerprint density at radius 3 is 2.36 bits per heavy atom. The molecule has 0 aliphatic heterocycles. The molecule has 0 unspecified atom stereocenters. The van der Waals surface area contributed by atoms with Gasteiger partial charge in [-0.15, -0.1) is 0 Å². The van der Waals surface area contributed by atoms with Crippen LogP contribution in [0.15, 0.2) is 77.7 Å². The Bertz CT molecular complexity index is 1030. The molecular formula is C20H15F3N2O3. The third kappa shape index (κ3) is 4.79. The van der Waals surface area contributed by atoms with Gasteiger partial charge in [-0.1, -0.05) is 30.3 Å². The fourth-order valence-electron chi connectivity index (χ4n) is 2.44. The summed E-state index contributed by atoms with van der Waals surface area (Å²) in [6.45, 7) is -0.567. The molecule has 28 heavy (non-hydrogen) atoms. The van der Waals surface area contributed by atoms with Gasteiger partial charge in [0, 0.05) is 12.3 Å². The van der Waals surface area contributed by atoms with E-state index in [0.717, 1.165) is 6.07 Å². The SMILES string of the molecule is O=C(Cn1cc(C(F)(F)F)ccc1=O)Nc1ccccc1Oc1ccccc1. The van der Waals surface area contributed by atoms with Crippen LogP contribution in [0.4, 0.5) is 18.9 Å². The van der Waals surface area contributed by atoms with Crippen LogP contribution in [0, 0.1) is 0 Å². The van der Waals surface area contributed by atoms with Crippen LogP contribution in [0.5, 0.6) is 11.5 Å². The normalized spacial score (nSPS) is 11.1. The standard InChI is InChI=1S/C20H15F3N2O3/c21-20(22,23)14-10-11-19(27)25(12-14)13-18(26)24-16-8-4-5-9-17(16)28-15-6-2-1-3-7-15/h1-12H,13H2,(H,24,26). The number of benzene rings is 2. The maximum Gasteiger partial charge on any atom is 0.417 e. The van der Waals surface area contributed by atoms with Crippen LogP contribution in [0.3, 0.4) is 0 Å². The van der Waals surface area contributed by atoms with E-state index in [1.54, 1.807) is 48.5 Å². The highest BCUT2D eigenvalue weighted by Crippen LogP contribution is 2.29. The molecule has 1 heterocycles. The number of rotatable bonds is 5. The molecule has 1 amide bonds. The average Bonchev–Trinajstić information content (AvgIpc) is 2.65. The number of nitrogens with one attached hydrogen (secondary N) is 1. The lowest BCUT2D eigenvalue weighted by Gasteiger charge is -2.13. The first-order valence-electron chi connectivity index (χ1n) is 8.22. The van der Waals surface area contributed by atoms with Crippen molar-refractivity contribution in [2.75, 3.05) is 5.32 Å². The van der Waals surface area contributed by atoms with Gasteiger partial charge in [0.05, 0.1) is 11.3 Å². The molecule has 144 valence electrons. The van der Waals surface area contributed by atoms with Crippen LogP contribution >= 0.6 is 0 Å². The number of pyridine rings is 1. The Morgan fingerprint density at radius 2 is 1.64 bits per heavy atom. The molecule has 0 aliphatic carbocycles. The predicted octanol–water partition coefficient (Wildman–Crippen LogP) is 4.30. The van der Waals surface area contributed by atoms with E-state index in [0.29, 0.717) is 34.0 Å². The van der Waals surface area contributed by atoms with Crippen molar-refractivity contribution in [3.63, 3.8) is 0 Å². The van der Waals surface area contributed by atoms with Crippen molar-refractivity contribution >= 4 is 11.6 Å². The molecule has 0 aliphatic rings. The molecule has 5 nitrogen and oxygen atoms in total. The molecule has 2 aromatic carbocycles. The van der Waals surface area contributed by atoms with Crippen molar-refractivity contribution in [1.82, 2.24) is 4.57 Å². The van der Waals surface area contributed by atoms with E-state index >= 15 is 0 Å². The lowest BCUT2D eigenvalue weighted by Crippen LogP contribution is -2.28. The van der Waals surface area contributed by atoms with Crippen LogP contribution in [-0.2, 0) is 17.5 Å². The van der Waals surface area contributed by atoms with Gasteiger partial charge in [0.25, 0.3) is 5.56 Å². The van der Waals surface area contributed by atoms with Crippen LogP contribution in [0.25, 0.3) is 0 Å². The molecule has 0 spiro atoms. The highest BCUT2D eigenvalue weighted by Gasteiger charge is 2.31. The summed E-state index contributed by atoms with van der Waals surface area (Å²) in [6, 6.07) is 16.9. The number of nitrogens with zero attached hydrogens (tertiary/aromatic N) is 1. The molecule has 0 saturated heterocycles. The number of anilines is 1. The zero-order chi connectivity index (χ0) is 20.1. The number of amides is 1. The molecule has 8 heteroatoms. The van der Waals surface area contributed by atoms with Crippen molar-refractivity contribution < 1.29 is 22.7 Å². The Hall–Kier alpha value is -3.55. The summed E-state index contributed by atoms with van der Waals surface area (Å²) in [7, 11) is 0. The van der Waals surface area contributed by atoms with Crippen LogP contribution in [-0.4, -0.2) is 10.5 Å². The van der Waals surface area contributed by atoms with Gasteiger partial charge in [-0.25, -0.2) is 0 Å². The molecule has 0 radical (unpaired) electrons. The molecule has 1 N–H and O–H groups in total. The third-order valence-electron chi connectivity index (χ3n) is 3.76. The first-order valence-corrected chi connectivity index (χ1v) is 8.22. The topological polar surface area (TPSA) is 60.3 Å². The zero-order valence-electron chi connectivity index (χ0n) is 14.4. The Labute approximate surface area is 158 Å². The number of carbonyl (C=O) groups excluding carboxylic acids is 1. The molecule has 1 aromatic heterocycles. The number of hydrogen-bond donors (Lipinski definition) is 1. The molecule has 0 bridgehead atoms. The fraction of sp³-hybridized carbons (Fsp3) is 0.100. The van der Waals surface area contributed by atoms with Crippen molar-refractivity contribution in [3.8, 4) is 11.5 Å². The average molecular weight is 388 g/mol. The Morgan fingerprint density at radius 1 is 0.964 bits per heavy atom. The zero-order valence-corrected chi connectivity index (χ0v) is 14.4. The lowest BCUT2D eigenvalue weighted by atomic mass is 10.2. The van der Waals surface area contributed by atoms with Crippen molar-refractivity contribution in [2.45, 2.75) is 12.7 Å². The number of carbonyl (C=O) groups is 1. The van der Waals surface area contributed by atoms with Gasteiger partial charge in [-0.05, 0) is 30.3 Å². The van der Waals surface area contributed by atoms with Gasteiger partial charge in [-0.3, -0.25) is 9.59 Å². The molecule has 0 fully saturated rings.